The number of hydrogen-bond acceptors (Lipinski definition) is 1. The lowest BCUT2D eigenvalue weighted by molar-refractivity contribution is 0.669. The Morgan fingerprint density at radius 2 is 1.27 bits per heavy atom. The van der Waals surface area contributed by atoms with Crippen LogP contribution in [0.15, 0.2) is 99.9 Å². The molecule has 4 aromatic carbocycles. The van der Waals surface area contributed by atoms with Gasteiger partial charge in [-0.05, 0) is 46.5 Å². The van der Waals surface area contributed by atoms with Gasteiger partial charge in [-0.25, -0.2) is 0 Å². The van der Waals surface area contributed by atoms with E-state index in [1.807, 2.05) is 24.3 Å². The summed E-state index contributed by atoms with van der Waals surface area (Å²) in [4.78, 5) is 0. The third-order valence-corrected chi connectivity index (χ3v) is 5.42. The first-order chi connectivity index (χ1) is 12.8. The Morgan fingerprint density at radius 1 is 0.538 bits per heavy atom. The summed E-state index contributed by atoms with van der Waals surface area (Å²) < 4.78 is 7.11. The van der Waals surface area contributed by atoms with Crippen molar-refractivity contribution in [3.05, 3.63) is 95.5 Å². The molecule has 0 unspecified atom stereocenters. The maximum atomic E-state index is 6.03. The minimum Gasteiger partial charge on any atom is -0.456 e. The molecule has 0 aliphatic carbocycles. The lowest BCUT2D eigenvalue weighted by atomic mass is 9.99. The van der Waals surface area contributed by atoms with Crippen molar-refractivity contribution in [2.24, 2.45) is 0 Å². The van der Waals surface area contributed by atoms with Crippen LogP contribution in [-0.4, -0.2) is 0 Å². The van der Waals surface area contributed by atoms with Gasteiger partial charge in [0.25, 0.3) is 0 Å². The standard InChI is InChI=1S/C24H15BrO/c25-22-14-17(16-6-2-1-3-7-16)10-12-19(22)18-11-13-21-20-8-4-5-9-23(20)26-24(21)15-18/h1-15H. The highest BCUT2D eigenvalue weighted by molar-refractivity contribution is 9.10. The Morgan fingerprint density at radius 3 is 2.12 bits per heavy atom. The first-order valence-electron chi connectivity index (χ1n) is 8.56. The van der Waals surface area contributed by atoms with Crippen molar-refractivity contribution in [3.63, 3.8) is 0 Å². The summed E-state index contributed by atoms with van der Waals surface area (Å²) in [6, 6.07) is 31.5. The zero-order chi connectivity index (χ0) is 17.5. The van der Waals surface area contributed by atoms with Crippen LogP contribution in [0.2, 0.25) is 0 Å². The molecule has 5 aromatic rings. The van der Waals surface area contributed by atoms with Crippen molar-refractivity contribution in [1.82, 2.24) is 0 Å². The van der Waals surface area contributed by atoms with Crippen LogP contribution >= 0.6 is 15.9 Å². The molecule has 0 atom stereocenters. The second kappa shape index (κ2) is 6.15. The fourth-order valence-corrected chi connectivity index (χ4v) is 4.06. The van der Waals surface area contributed by atoms with Gasteiger partial charge in [-0.1, -0.05) is 82.7 Å². The Kier molecular flexibility index (Phi) is 3.65. The second-order valence-corrected chi connectivity index (χ2v) is 7.22. The lowest BCUT2D eigenvalue weighted by Gasteiger charge is -2.08. The van der Waals surface area contributed by atoms with Crippen molar-refractivity contribution < 1.29 is 4.42 Å². The van der Waals surface area contributed by atoms with Crippen molar-refractivity contribution in [2.75, 3.05) is 0 Å². The smallest absolute Gasteiger partial charge is 0.136 e. The van der Waals surface area contributed by atoms with Gasteiger partial charge in [0.05, 0.1) is 0 Å². The van der Waals surface area contributed by atoms with Gasteiger partial charge in [0, 0.05) is 15.2 Å². The summed E-state index contributed by atoms with van der Waals surface area (Å²) in [5.41, 5.74) is 6.56. The zero-order valence-electron chi connectivity index (χ0n) is 13.9. The molecule has 26 heavy (non-hydrogen) atoms. The Balaban J connectivity index is 1.62. The Hall–Kier alpha value is -2.84. The summed E-state index contributed by atoms with van der Waals surface area (Å²) in [7, 11) is 0. The van der Waals surface area contributed by atoms with Crippen LogP contribution < -0.4 is 0 Å². The largest absolute Gasteiger partial charge is 0.456 e. The van der Waals surface area contributed by atoms with E-state index < -0.39 is 0 Å². The highest BCUT2D eigenvalue weighted by Gasteiger charge is 2.10. The van der Waals surface area contributed by atoms with Gasteiger partial charge in [0.1, 0.15) is 11.2 Å². The summed E-state index contributed by atoms with van der Waals surface area (Å²) in [5.74, 6) is 0. The number of halogens is 1. The second-order valence-electron chi connectivity index (χ2n) is 6.37. The molecule has 0 aliphatic rings. The van der Waals surface area contributed by atoms with Gasteiger partial charge >= 0.3 is 0 Å². The molecule has 5 rings (SSSR count). The molecule has 0 N–H and O–H groups in total. The predicted octanol–water partition coefficient (Wildman–Crippen LogP) is 7.68. The van der Waals surface area contributed by atoms with E-state index in [0.717, 1.165) is 37.5 Å². The molecular weight excluding hydrogens is 384 g/mol. The van der Waals surface area contributed by atoms with Gasteiger partial charge < -0.3 is 4.42 Å². The van der Waals surface area contributed by atoms with Gasteiger partial charge in [-0.2, -0.15) is 0 Å². The zero-order valence-corrected chi connectivity index (χ0v) is 15.5. The van der Waals surface area contributed by atoms with Crippen molar-refractivity contribution in [1.29, 1.82) is 0 Å². The highest BCUT2D eigenvalue weighted by Crippen LogP contribution is 2.36. The first-order valence-corrected chi connectivity index (χ1v) is 9.35. The molecule has 0 radical (unpaired) electrons. The van der Waals surface area contributed by atoms with E-state index in [1.165, 1.54) is 11.1 Å². The minimum absolute atomic E-state index is 0.919. The Bertz CT molecular complexity index is 1240. The van der Waals surface area contributed by atoms with Gasteiger partial charge in [-0.15, -0.1) is 0 Å². The maximum absolute atomic E-state index is 6.03. The molecular formula is C24H15BrO. The fraction of sp³-hybridized carbons (Fsp3) is 0. The van der Waals surface area contributed by atoms with E-state index in [-0.39, 0.29) is 0 Å². The predicted molar refractivity (Wildman–Crippen MR) is 112 cm³/mol. The maximum Gasteiger partial charge on any atom is 0.136 e. The lowest BCUT2D eigenvalue weighted by Crippen LogP contribution is -1.83. The Labute approximate surface area is 160 Å². The first kappa shape index (κ1) is 15.4. The topological polar surface area (TPSA) is 13.1 Å². The molecule has 0 saturated heterocycles. The monoisotopic (exact) mass is 398 g/mol. The van der Waals surface area contributed by atoms with E-state index in [9.17, 15) is 0 Å². The van der Waals surface area contributed by atoms with Gasteiger partial charge in [0.2, 0.25) is 0 Å². The number of hydrogen-bond donors (Lipinski definition) is 0. The summed E-state index contributed by atoms with van der Waals surface area (Å²) in [5, 5.41) is 2.31. The van der Waals surface area contributed by atoms with Crippen LogP contribution in [0.4, 0.5) is 0 Å². The third kappa shape index (κ3) is 2.54. The van der Waals surface area contributed by atoms with E-state index in [2.05, 4.69) is 82.7 Å². The average Bonchev–Trinajstić information content (AvgIpc) is 3.06. The van der Waals surface area contributed by atoms with Crippen LogP contribution in [0.25, 0.3) is 44.2 Å². The van der Waals surface area contributed by atoms with Crippen LogP contribution in [0.5, 0.6) is 0 Å². The number of para-hydroxylation sites is 1. The molecule has 1 heterocycles. The molecule has 124 valence electrons. The molecule has 2 heteroatoms. The molecule has 0 spiro atoms. The van der Waals surface area contributed by atoms with Gasteiger partial charge in [0.15, 0.2) is 0 Å². The minimum atomic E-state index is 0.919. The normalized spacial score (nSPS) is 11.3. The van der Waals surface area contributed by atoms with E-state index in [1.54, 1.807) is 0 Å². The molecule has 1 aromatic heterocycles. The summed E-state index contributed by atoms with van der Waals surface area (Å²) in [6.07, 6.45) is 0. The van der Waals surface area contributed by atoms with E-state index in [4.69, 9.17) is 4.42 Å². The molecule has 0 bridgehead atoms. The van der Waals surface area contributed by atoms with E-state index >= 15 is 0 Å². The number of rotatable bonds is 2. The average molecular weight is 399 g/mol. The summed E-state index contributed by atoms with van der Waals surface area (Å²) in [6.45, 7) is 0. The number of benzene rings is 4. The number of fused-ring (bicyclic) bond motifs is 3. The van der Waals surface area contributed by atoms with Crippen LogP contribution in [0.3, 0.4) is 0 Å². The third-order valence-electron chi connectivity index (χ3n) is 4.77. The van der Waals surface area contributed by atoms with E-state index in [0.29, 0.717) is 0 Å². The highest BCUT2D eigenvalue weighted by atomic mass is 79.9. The number of furan rings is 1. The molecule has 0 saturated carbocycles. The molecule has 1 nitrogen and oxygen atoms in total. The molecule has 0 amide bonds. The van der Waals surface area contributed by atoms with Crippen molar-refractivity contribution in [3.8, 4) is 22.3 Å². The van der Waals surface area contributed by atoms with Crippen molar-refractivity contribution in [2.45, 2.75) is 0 Å². The van der Waals surface area contributed by atoms with Crippen LogP contribution in [-0.2, 0) is 0 Å². The molecule has 0 aliphatic heterocycles. The van der Waals surface area contributed by atoms with Crippen LogP contribution in [0.1, 0.15) is 0 Å². The fourth-order valence-electron chi connectivity index (χ4n) is 3.45. The van der Waals surface area contributed by atoms with Crippen molar-refractivity contribution >= 4 is 37.9 Å². The van der Waals surface area contributed by atoms with Gasteiger partial charge in [-0.3, -0.25) is 0 Å². The quantitative estimate of drug-likeness (QED) is 0.297. The SMILES string of the molecule is Brc1cc(-c2ccccc2)ccc1-c1ccc2c(c1)oc1ccccc12. The van der Waals surface area contributed by atoms with Crippen LogP contribution in [0, 0.1) is 0 Å². The molecule has 0 fully saturated rings. The summed E-state index contributed by atoms with van der Waals surface area (Å²) >= 11 is 3.75.